The Labute approximate surface area is 112 Å². The van der Waals surface area contributed by atoms with E-state index in [1.54, 1.807) is 0 Å². The number of nitrogens with zero attached hydrogens (tertiary/aromatic N) is 1. The van der Waals surface area contributed by atoms with Crippen LogP contribution in [0.1, 0.15) is 19.3 Å². The molecule has 3 N–H and O–H groups in total. The lowest BCUT2D eigenvalue weighted by molar-refractivity contribution is -0.149. The molecule has 2 fully saturated rings. The highest BCUT2D eigenvalue weighted by molar-refractivity contribution is 5.74. The lowest BCUT2D eigenvalue weighted by Gasteiger charge is -2.16. The van der Waals surface area contributed by atoms with E-state index in [9.17, 15) is 9.59 Å². The van der Waals surface area contributed by atoms with Crippen molar-refractivity contribution in [2.75, 3.05) is 26.7 Å². The molecule has 2 aliphatic heterocycles. The topological polar surface area (TPSA) is 90.9 Å². The van der Waals surface area contributed by atoms with Crippen LogP contribution in [0.4, 0.5) is 4.79 Å². The first kappa shape index (κ1) is 14.1. The minimum atomic E-state index is -0.930. The highest BCUT2D eigenvalue weighted by Crippen LogP contribution is 2.19. The van der Waals surface area contributed by atoms with Crippen LogP contribution >= 0.6 is 0 Å². The maximum atomic E-state index is 11.7. The smallest absolute Gasteiger partial charge is 0.332 e. The van der Waals surface area contributed by atoms with Crippen LogP contribution in [0.2, 0.25) is 0 Å². The Bertz CT molecular complexity index is 350. The Morgan fingerprint density at radius 3 is 2.74 bits per heavy atom. The first-order valence-electron chi connectivity index (χ1n) is 6.66. The van der Waals surface area contributed by atoms with Crippen molar-refractivity contribution in [2.45, 2.75) is 37.5 Å². The van der Waals surface area contributed by atoms with Crippen molar-refractivity contribution in [2.24, 2.45) is 0 Å². The quantitative estimate of drug-likeness (QED) is 0.648. The molecule has 2 saturated heterocycles. The molecule has 0 bridgehead atoms. The number of aliphatic carboxylic acids is 1. The van der Waals surface area contributed by atoms with E-state index >= 15 is 0 Å². The monoisotopic (exact) mass is 271 g/mol. The molecule has 7 heteroatoms. The van der Waals surface area contributed by atoms with Crippen molar-refractivity contribution in [3.63, 3.8) is 0 Å². The van der Waals surface area contributed by atoms with E-state index in [0.717, 1.165) is 19.5 Å². The number of carbonyl (C=O) groups excluding carboxylic acids is 1. The number of likely N-dealkylation sites (tertiary alicyclic amines) is 1. The van der Waals surface area contributed by atoms with Gasteiger partial charge in [0.05, 0.1) is 6.10 Å². The van der Waals surface area contributed by atoms with Gasteiger partial charge in [0, 0.05) is 19.1 Å². The molecule has 0 aliphatic carbocycles. The number of nitrogens with one attached hydrogen (secondary N) is 2. The van der Waals surface area contributed by atoms with Crippen LogP contribution in [-0.4, -0.2) is 66.9 Å². The lowest BCUT2D eigenvalue weighted by atomic mass is 10.2. The molecular weight excluding hydrogens is 250 g/mol. The maximum absolute atomic E-state index is 11.7. The highest BCUT2D eigenvalue weighted by atomic mass is 16.5. The predicted octanol–water partition coefficient (Wildman–Crippen LogP) is -0.378. The highest BCUT2D eigenvalue weighted by Gasteiger charge is 2.30. The summed E-state index contributed by atoms with van der Waals surface area (Å²) < 4.78 is 5.31. The van der Waals surface area contributed by atoms with E-state index in [2.05, 4.69) is 15.5 Å². The molecule has 2 heterocycles. The Morgan fingerprint density at radius 1 is 1.37 bits per heavy atom. The second kappa shape index (κ2) is 6.21. The summed E-state index contributed by atoms with van der Waals surface area (Å²) >= 11 is 0. The summed E-state index contributed by atoms with van der Waals surface area (Å²) in [5.74, 6) is -0.930. The number of rotatable bonds is 4. The molecule has 2 aliphatic rings. The molecule has 0 spiro atoms. The number of ether oxygens (including phenoxy) is 1. The molecular formula is C12H21N3O4. The van der Waals surface area contributed by atoms with Gasteiger partial charge in [-0.1, -0.05) is 0 Å². The molecule has 7 nitrogen and oxygen atoms in total. The third kappa shape index (κ3) is 4.07. The normalized spacial score (nSPS) is 31.3. The number of amides is 2. The van der Waals surface area contributed by atoms with Gasteiger partial charge in [0.1, 0.15) is 0 Å². The molecule has 0 aromatic heterocycles. The van der Waals surface area contributed by atoms with Gasteiger partial charge in [0.15, 0.2) is 6.10 Å². The third-order valence-electron chi connectivity index (χ3n) is 3.60. The van der Waals surface area contributed by atoms with Gasteiger partial charge in [0.25, 0.3) is 0 Å². The van der Waals surface area contributed by atoms with E-state index in [1.165, 1.54) is 0 Å². The van der Waals surface area contributed by atoms with Gasteiger partial charge in [0.2, 0.25) is 0 Å². The standard InChI is InChI=1S/C12H21N3O4/c1-15-5-4-8(7-15)14-12(18)13-6-9-2-3-10(19-9)11(16)17/h8-10H,2-7H2,1H3,(H,16,17)(H2,13,14,18). The number of carboxylic acids is 1. The second-order valence-corrected chi connectivity index (χ2v) is 5.26. The summed E-state index contributed by atoms with van der Waals surface area (Å²) in [6.07, 6.45) is 1.22. The average molecular weight is 271 g/mol. The first-order chi connectivity index (χ1) is 9.04. The molecule has 3 atom stereocenters. The SMILES string of the molecule is CN1CCC(NC(=O)NCC2CCC(C(=O)O)O2)C1. The predicted molar refractivity (Wildman–Crippen MR) is 68.0 cm³/mol. The summed E-state index contributed by atoms with van der Waals surface area (Å²) in [6, 6.07) is -0.0102. The van der Waals surface area contributed by atoms with Crippen LogP contribution in [0.3, 0.4) is 0 Å². The van der Waals surface area contributed by atoms with E-state index < -0.39 is 12.1 Å². The molecule has 0 aromatic carbocycles. The molecule has 108 valence electrons. The maximum Gasteiger partial charge on any atom is 0.332 e. The van der Waals surface area contributed by atoms with Crippen LogP contribution in [0.25, 0.3) is 0 Å². The summed E-state index contributed by atoms with van der Waals surface area (Å²) in [6.45, 7) is 2.23. The summed E-state index contributed by atoms with van der Waals surface area (Å²) in [5.41, 5.74) is 0. The van der Waals surface area contributed by atoms with Gasteiger partial charge in [-0.2, -0.15) is 0 Å². The third-order valence-corrected chi connectivity index (χ3v) is 3.60. The molecule has 0 saturated carbocycles. The first-order valence-corrected chi connectivity index (χ1v) is 6.66. The fourth-order valence-electron chi connectivity index (χ4n) is 2.53. The average Bonchev–Trinajstić information content (AvgIpc) is 2.96. The van der Waals surface area contributed by atoms with Crippen molar-refractivity contribution in [1.29, 1.82) is 0 Å². The van der Waals surface area contributed by atoms with E-state index in [1.807, 2.05) is 7.05 Å². The van der Waals surface area contributed by atoms with Gasteiger partial charge in [-0.25, -0.2) is 9.59 Å². The zero-order valence-corrected chi connectivity index (χ0v) is 11.1. The summed E-state index contributed by atoms with van der Waals surface area (Å²) in [7, 11) is 2.03. The number of urea groups is 1. The van der Waals surface area contributed by atoms with Crippen LogP contribution < -0.4 is 10.6 Å². The van der Waals surface area contributed by atoms with Crippen molar-refractivity contribution in [3.8, 4) is 0 Å². The van der Waals surface area contributed by atoms with Crippen molar-refractivity contribution < 1.29 is 19.4 Å². The van der Waals surface area contributed by atoms with Gasteiger partial charge >= 0.3 is 12.0 Å². The molecule has 3 unspecified atom stereocenters. The number of carboxylic acid groups (broad SMARTS) is 1. The van der Waals surface area contributed by atoms with Gasteiger partial charge in [-0.3, -0.25) is 0 Å². The second-order valence-electron chi connectivity index (χ2n) is 5.26. The van der Waals surface area contributed by atoms with E-state index in [4.69, 9.17) is 9.84 Å². The largest absolute Gasteiger partial charge is 0.479 e. The van der Waals surface area contributed by atoms with Crippen molar-refractivity contribution in [1.82, 2.24) is 15.5 Å². The zero-order chi connectivity index (χ0) is 13.8. The fourth-order valence-corrected chi connectivity index (χ4v) is 2.53. The van der Waals surface area contributed by atoms with Gasteiger partial charge < -0.3 is 25.4 Å². The zero-order valence-electron chi connectivity index (χ0n) is 11.1. The van der Waals surface area contributed by atoms with Crippen LogP contribution in [-0.2, 0) is 9.53 Å². The Hall–Kier alpha value is -1.34. The number of hydrogen-bond donors (Lipinski definition) is 3. The van der Waals surface area contributed by atoms with Crippen LogP contribution in [0.15, 0.2) is 0 Å². The minimum absolute atomic E-state index is 0.196. The Morgan fingerprint density at radius 2 is 2.16 bits per heavy atom. The number of carbonyl (C=O) groups is 2. The van der Waals surface area contributed by atoms with Crippen molar-refractivity contribution in [3.05, 3.63) is 0 Å². The Balaban J connectivity index is 1.63. The molecule has 19 heavy (non-hydrogen) atoms. The van der Waals surface area contributed by atoms with Crippen LogP contribution in [0, 0.1) is 0 Å². The minimum Gasteiger partial charge on any atom is -0.479 e. The molecule has 0 aromatic rings. The molecule has 2 amide bonds. The lowest BCUT2D eigenvalue weighted by Crippen LogP contribution is -2.45. The number of hydrogen-bond acceptors (Lipinski definition) is 4. The van der Waals surface area contributed by atoms with E-state index in [-0.39, 0.29) is 18.2 Å². The summed E-state index contributed by atoms with van der Waals surface area (Å²) in [5, 5.41) is 14.4. The van der Waals surface area contributed by atoms with Gasteiger partial charge in [-0.15, -0.1) is 0 Å². The Kier molecular flexibility index (Phi) is 4.60. The summed E-state index contributed by atoms with van der Waals surface area (Å²) in [4.78, 5) is 24.6. The van der Waals surface area contributed by atoms with Crippen LogP contribution in [0.5, 0.6) is 0 Å². The van der Waals surface area contributed by atoms with Crippen molar-refractivity contribution >= 4 is 12.0 Å². The van der Waals surface area contributed by atoms with Gasteiger partial charge in [-0.05, 0) is 32.9 Å². The van der Waals surface area contributed by atoms with E-state index in [0.29, 0.717) is 19.4 Å². The molecule has 2 rings (SSSR count). The fraction of sp³-hybridized carbons (Fsp3) is 0.833. The molecule has 0 radical (unpaired) electrons. The number of likely N-dealkylation sites (N-methyl/N-ethyl adjacent to an activating group) is 1.